The summed E-state index contributed by atoms with van der Waals surface area (Å²) in [5.74, 6) is 1.18. The van der Waals surface area contributed by atoms with Gasteiger partial charge in [0.2, 0.25) is 0 Å². The molecule has 0 saturated carbocycles. The average molecular weight is 396 g/mol. The lowest BCUT2D eigenvalue weighted by Crippen LogP contribution is -2.34. The minimum Gasteiger partial charge on any atom is -0.497 e. The molecule has 2 N–H and O–H groups in total. The van der Waals surface area contributed by atoms with Crippen LogP contribution in [0.4, 0.5) is 5.82 Å². The van der Waals surface area contributed by atoms with E-state index in [2.05, 4.69) is 31.5 Å². The number of thiocarbonyl (C=S) groups is 1. The predicted octanol–water partition coefficient (Wildman–Crippen LogP) is 2.99. The largest absolute Gasteiger partial charge is 0.497 e. The minimum atomic E-state index is -0.378. The number of rotatable bonds is 4. The van der Waals surface area contributed by atoms with E-state index in [0.29, 0.717) is 22.9 Å². The van der Waals surface area contributed by atoms with Crippen molar-refractivity contribution in [3.8, 4) is 11.5 Å². The molecule has 2 aromatic rings. The molecule has 0 radical (unpaired) electrons. The summed E-state index contributed by atoms with van der Waals surface area (Å²) in [5, 5.41) is 5.56. The highest BCUT2D eigenvalue weighted by molar-refractivity contribution is 9.10. The highest BCUT2D eigenvalue weighted by atomic mass is 79.9. The summed E-state index contributed by atoms with van der Waals surface area (Å²) in [7, 11) is 3.03. The van der Waals surface area contributed by atoms with Crippen LogP contribution in [-0.2, 0) is 0 Å². The van der Waals surface area contributed by atoms with Crippen LogP contribution in [0.3, 0.4) is 0 Å². The molecule has 1 aromatic heterocycles. The first-order chi connectivity index (χ1) is 11.0. The van der Waals surface area contributed by atoms with E-state index in [1.54, 1.807) is 30.5 Å². The van der Waals surface area contributed by atoms with E-state index in [9.17, 15) is 4.79 Å². The fourth-order valence-electron chi connectivity index (χ4n) is 1.71. The number of carbonyl (C=O) groups excluding carboxylic acids is 1. The van der Waals surface area contributed by atoms with Gasteiger partial charge in [-0.05, 0) is 52.4 Å². The number of methoxy groups -OCH3 is 2. The standard InChI is InChI=1S/C15H14BrN3O3S/c1-21-11-5-9(6-12(7-11)22-2)14(20)19-15(23)18-13-4-3-10(16)8-17-13/h3-8H,1-2H3,(H2,17,18,19,20,23). The maximum absolute atomic E-state index is 12.3. The highest BCUT2D eigenvalue weighted by Gasteiger charge is 2.11. The summed E-state index contributed by atoms with van der Waals surface area (Å²) in [5.41, 5.74) is 0.370. The van der Waals surface area contributed by atoms with Crippen molar-refractivity contribution in [3.63, 3.8) is 0 Å². The molecular weight excluding hydrogens is 382 g/mol. The fraction of sp³-hybridized carbons (Fsp3) is 0.133. The SMILES string of the molecule is COc1cc(OC)cc(C(=O)NC(=S)Nc2ccc(Br)cn2)c1. The zero-order chi connectivity index (χ0) is 16.8. The third kappa shape index (κ3) is 4.90. The summed E-state index contributed by atoms with van der Waals surface area (Å²) in [6.45, 7) is 0. The van der Waals surface area contributed by atoms with Crippen LogP contribution in [0, 0.1) is 0 Å². The lowest BCUT2D eigenvalue weighted by molar-refractivity contribution is 0.0977. The Bertz CT molecular complexity index is 700. The summed E-state index contributed by atoms with van der Waals surface area (Å²) in [6.07, 6.45) is 1.62. The Morgan fingerprint density at radius 1 is 1.17 bits per heavy atom. The van der Waals surface area contributed by atoms with Crippen LogP contribution >= 0.6 is 28.1 Å². The van der Waals surface area contributed by atoms with Crippen molar-refractivity contribution in [2.45, 2.75) is 0 Å². The smallest absolute Gasteiger partial charge is 0.257 e. The fourth-order valence-corrected chi connectivity index (χ4v) is 2.14. The average Bonchev–Trinajstić information content (AvgIpc) is 2.56. The molecule has 2 rings (SSSR count). The van der Waals surface area contributed by atoms with Gasteiger partial charge >= 0.3 is 0 Å². The molecule has 120 valence electrons. The second kappa shape index (κ2) is 7.89. The summed E-state index contributed by atoms with van der Waals surface area (Å²) >= 11 is 8.40. The van der Waals surface area contributed by atoms with Crippen LogP contribution in [-0.4, -0.2) is 30.2 Å². The van der Waals surface area contributed by atoms with Crippen molar-refractivity contribution in [1.82, 2.24) is 10.3 Å². The van der Waals surface area contributed by atoms with E-state index in [1.165, 1.54) is 14.2 Å². The molecule has 0 bridgehead atoms. The van der Waals surface area contributed by atoms with Gasteiger partial charge in [0, 0.05) is 22.3 Å². The lowest BCUT2D eigenvalue weighted by atomic mass is 10.2. The molecule has 0 aliphatic carbocycles. The first-order valence-electron chi connectivity index (χ1n) is 6.49. The van der Waals surface area contributed by atoms with Crippen molar-refractivity contribution < 1.29 is 14.3 Å². The number of amides is 1. The topological polar surface area (TPSA) is 72.5 Å². The molecule has 8 heteroatoms. The molecule has 1 amide bonds. The maximum atomic E-state index is 12.3. The number of carbonyl (C=O) groups is 1. The van der Waals surface area contributed by atoms with Crippen molar-refractivity contribution in [1.29, 1.82) is 0 Å². The zero-order valence-electron chi connectivity index (χ0n) is 12.4. The predicted molar refractivity (Wildman–Crippen MR) is 95.2 cm³/mol. The third-order valence-corrected chi connectivity index (χ3v) is 3.48. The molecule has 0 unspecified atom stereocenters. The number of halogens is 1. The number of benzene rings is 1. The van der Waals surface area contributed by atoms with Gasteiger partial charge in [-0.2, -0.15) is 0 Å². The quantitative estimate of drug-likeness (QED) is 0.775. The van der Waals surface area contributed by atoms with E-state index < -0.39 is 0 Å². The molecule has 1 heterocycles. The third-order valence-electron chi connectivity index (χ3n) is 2.81. The number of aromatic nitrogens is 1. The summed E-state index contributed by atoms with van der Waals surface area (Å²) in [6, 6.07) is 8.42. The number of hydrogen-bond acceptors (Lipinski definition) is 5. The van der Waals surface area contributed by atoms with Gasteiger partial charge in [-0.3, -0.25) is 10.1 Å². The van der Waals surface area contributed by atoms with Crippen LogP contribution in [0.2, 0.25) is 0 Å². The number of hydrogen-bond donors (Lipinski definition) is 2. The molecule has 6 nitrogen and oxygen atoms in total. The number of anilines is 1. The van der Waals surface area contributed by atoms with Crippen LogP contribution in [0.15, 0.2) is 41.0 Å². The van der Waals surface area contributed by atoms with Crippen LogP contribution in [0.5, 0.6) is 11.5 Å². The number of ether oxygens (including phenoxy) is 2. The van der Waals surface area contributed by atoms with E-state index in [1.807, 2.05) is 6.07 Å². The normalized spacial score (nSPS) is 9.87. The van der Waals surface area contributed by atoms with Gasteiger partial charge in [0.15, 0.2) is 5.11 Å². The van der Waals surface area contributed by atoms with Gasteiger partial charge < -0.3 is 14.8 Å². The molecule has 0 aliphatic rings. The van der Waals surface area contributed by atoms with Crippen molar-refractivity contribution >= 4 is 45.0 Å². The first kappa shape index (κ1) is 17.2. The van der Waals surface area contributed by atoms with Gasteiger partial charge in [-0.1, -0.05) is 0 Å². The van der Waals surface area contributed by atoms with Crippen LogP contribution < -0.4 is 20.1 Å². The Hall–Kier alpha value is -2.19. The van der Waals surface area contributed by atoms with Gasteiger partial charge in [-0.25, -0.2) is 4.98 Å². The Morgan fingerprint density at radius 2 is 1.83 bits per heavy atom. The van der Waals surface area contributed by atoms with Gasteiger partial charge in [0.05, 0.1) is 14.2 Å². The summed E-state index contributed by atoms with van der Waals surface area (Å²) in [4.78, 5) is 16.4. The molecule has 0 aliphatic heterocycles. The summed E-state index contributed by atoms with van der Waals surface area (Å²) < 4.78 is 11.1. The van der Waals surface area contributed by atoms with E-state index in [4.69, 9.17) is 21.7 Å². The van der Waals surface area contributed by atoms with Crippen molar-refractivity contribution in [3.05, 3.63) is 46.6 Å². The Labute approximate surface area is 147 Å². The van der Waals surface area contributed by atoms with Crippen LogP contribution in [0.25, 0.3) is 0 Å². The van der Waals surface area contributed by atoms with Gasteiger partial charge in [0.1, 0.15) is 17.3 Å². The molecular formula is C15H14BrN3O3S. The minimum absolute atomic E-state index is 0.145. The van der Waals surface area contributed by atoms with Crippen molar-refractivity contribution in [2.75, 3.05) is 19.5 Å². The highest BCUT2D eigenvalue weighted by Crippen LogP contribution is 2.22. The van der Waals surface area contributed by atoms with E-state index in [0.717, 1.165) is 4.47 Å². The second-order valence-corrected chi connectivity index (χ2v) is 5.70. The number of nitrogens with zero attached hydrogens (tertiary/aromatic N) is 1. The molecule has 23 heavy (non-hydrogen) atoms. The second-order valence-electron chi connectivity index (χ2n) is 4.37. The van der Waals surface area contributed by atoms with Gasteiger partial charge in [-0.15, -0.1) is 0 Å². The number of nitrogens with one attached hydrogen (secondary N) is 2. The molecule has 0 saturated heterocycles. The first-order valence-corrected chi connectivity index (χ1v) is 7.69. The Kier molecular flexibility index (Phi) is 5.89. The molecule has 1 aromatic carbocycles. The molecule has 0 spiro atoms. The lowest BCUT2D eigenvalue weighted by Gasteiger charge is -2.11. The zero-order valence-corrected chi connectivity index (χ0v) is 14.8. The van der Waals surface area contributed by atoms with E-state index >= 15 is 0 Å². The monoisotopic (exact) mass is 395 g/mol. The van der Waals surface area contributed by atoms with Crippen LogP contribution in [0.1, 0.15) is 10.4 Å². The van der Waals surface area contributed by atoms with E-state index in [-0.39, 0.29) is 11.0 Å². The molecule has 0 atom stereocenters. The van der Waals surface area contributed by atoms with Gasteiger partial charge in [0.25, 0.3) is 5.91 Å². The van der Waals surface area contributed by atoms with Crippen molar-refractivity contribution in [2.24, 2.45) is 0 Å². The Morgan fingerprint density at radius 3 is 2.35 bits per heavy atom. The maximum Gasteiger partial charge on any atom is 0.257 e. The Balaban J connectivity index is 2.06. The molecule has 0 fully saturated rings. The number of pyridine rings is 1.